The molecule has 0 bridgehead atoms. The zero-order valence-corrected chi connectivity index (χ0v) is 9.97. The summed E-state index contributed by atoms with van der Waals surface area (Å²) in [6.45, 7) is 2.30. The first-order chi connectivity index (χ1) is 6.98. The van der Waals surface area contributed by atoms with Crippen molar-refractivity contribution in [3.8, 4) is 0 Å². The van der Waals surface area contributed by atoms with Gasteiger partial charge in [-0.05, 0) is 6.92 Å². The molecule has 0 aliphatic carbocycles. The lowest BCUT2D eigenvalue weighted by Gasteiger charge is -2.33. The predicted molar refractivity (Wildman–Crippen MR) is 59.7 cm³/mol. The number of aliphatic imine (C=N–C) groups is 1. The molecule has 1 atom stereocenters. The van der Waals surface area contributed by atoms with Gasteiger partial charge >= 0.3 is 0 Å². The van der Waals surface area contributed by atoms with Crippen LogP contribution in [0.1, 0.15) is 6.92 Å². The van der Waals surface area contributed by atoms with Crippen molar-refractivity contribution < 1.29 is 13.2 Å². The fourth-order valence-electron chi connectivity index (χ4n) is 1.73. The molecule has 5 nitrogen and oxygen atoms in total. The number of rotatable bonds is 0. The molecule has 1 fully saturated rings. The van der Waals surface area contributed by atoms with E-state index in [1.807, 2.05) is 11.8 Å². The SMILES string of the molecule is CC1CS(=O)(=O)CCN1C1=NC(=O)CS1. The van der Waals surface area contributed by atoms with Crippen LogP contribution in [0.3, 0.4) is 0 Å². The molecule has 0 saturated carbocycles. The summed E-state index contributed by atoms with van der Waals surface area (Å²) in [5.41, 5.74) is 0. The summed E-state index contributed by atoms with van der Waals surface area (Å²) in [6, 6.07) is -0.0825. The summed E-state index contributed by atoms with van der Waals surface area (Å²) in [5.74, 6) is 0.563. The van der Waals surface area contributed by atoms with Gasteiger partial charge in [-0.3, -0.25) is 4.79 Å². The molecule has 0 radical (unpaired) electrons. The Morgan fingerprint density at radius 1 is 1.53 bits per heavy atom. The quantitative estimate of drug-likeness (QED) is 0.590. The van der Waals surface area contributed by atoms with E-state index in [9.17, 15) is 13.2 Å². The number of thioether (sulfide) groups is 1. The van der Waals surface area contributed by atoms with Crippen LogP contribution in [0.5, 0.6) is 0 Å². The molecular weight excluding hydrogens is 236 g/mol. The van der Waals surface area contributed by atoms with Gasteiger partial charge in [0.1, 0.15) is 0 Å². The maximum atomic E-state index is 11.3. The standard InChI is InChI=1S/C8H12N2O3S2/c1-6-5-15(12,13)3-2-10(6)8-9-7(11)4-14-8/h6H,2-5H2,1H3. The molecule has 1 amide bonds. The molecule has 1 saturated heterocycles. The minimum absolute atomic E-state index is 0.0825. The van der Waals surface area contributed by atoms with Crippen LogP contribution in [0.25, 0.3) is 0 Å². The van der Waals surface area contributed by atoms with E-state index >= 15 is 0 Å². The number of carbonyl (C=O) groups is 1. The van der Waals surface area contributed by atoms with Crippen LogP contribution in [0.2, 0.25) is 0 Å². The molecule has 15 heavy (non-hydrogen) atoms. The molecule has 0 aromatic heterocycles. The van der Waals surface area contributed by atoms with Crippen molar-refractivity contribution in [2.24, 2.45) is 4.99 Å². The molecule has 84 valence electrons. The average molecular weight is 248 g/mol. The zero-order valence-electron chi connectivity index (χ0n) is 8.34. The van der Waals surface area contributed by atoms with Gasteiger partial charge in [-0.1, -0.05) is 11.8 Å². The Labute approximate surface area is 92.8 Å². The van der Waals surface area contributed by atoms with Crippen LogP contribution in [-0.4, -0.2) is 54.2 Å². The van der Waals surface area contributed by atoms with Crippen LogP contribution in [0, 0.1) is 0 Å². The van der Waals surface area contributed by atoms with E-state index in [0.717, 1.165) is 0 Å². The van der Waals surface area contributed by atoms with E-state index < -0.39 is 9.84 Å². The molecule has 0 aromatic carbocycles. The average Bonchev–Trinajstić information content (AvgIpc) is 2.50. The highest BCUT2D eigenvalue weighted by Crippen LogP contribution is 2.21. The third-order valence-corrected chi connectivity index (χ3v) is 5.23. The summed E-state index contributed by atoms with van der Waals surface area (Å²) >= 11 is 1.39. The first-order valence-electron chi connectivity index (χ1n) is 4.69. The van der Waals surface area contributed by atoms with Crippen molar-refractivity contribution in [1.29, 1.82) is 0 Å². The molecule has 0 aromatic rings. The second-order valence-electron chi connectivity index (χ2n) is 3.73. The molecule has 2 heterocycles. The molecule has 0 N–H and O–H groups in total. The second kappa shape index (κ2) is 3.79. The fraction of sp³-hybridized carbons (Fsp3) is 0.750. The first-order valence-corrected chi connectivity index (χ1v) is 7.50. The lowest BCUT2D eigenvalue weighted by atomic mass is 10.3. The Morgan fingerprint density at radius 2 is 2.27 bits per heavy atom. The van der Waals surface area contributed by atoms with Crippen LogP contribution >= 0.6 is 11.8 Å². The highest BCUT2D eigenvalue weighted by atomic mass is 32.2. The molecule has 0 spiro atoms. The predicted octanol–water partition coefficient (Wildman–Crippen LogP) is -0.265. The van der Waals surface area contributed by atoms with E-state index in [1.54, 1.807) is 0 Å². The summed E-state index contributed by atoms with van der Waals surface area (Å²) in [4.78, 5) is 16.8. The minimum atomic E-state index is -2.90. The Balaban J connectivity index is 2.13. The lowest BCUT2D eigenvalue weighted by molar-refractivity contribution is -0.115. The van der Waals surface area contributed by atoms with Gasteiger partial charge in [-0.15, -0.1) is 0 Å². The number of amides is 1. The van der Waals surface area contributed by atoms with Gasteiger partial charge in [0, 0.05) is 12.6 Å². The Morgan fingerprint density at radius 3 is 2.80 bits per heavy atom. The second-order valence-corrected chi connectivity index (χ2v) is 6.90. The first kappa shape index (κ1) is 10.9. The van der Waals surface area contributed by atoms with Crippen LogP contribution in [0.4, 0.5) is 0 Å². The van der Waals surface area contributed by atoms with Gasteiger partial charge < -0.3 is 4.90 Å². The Bertz CT molecular complexity index is 416. The monoisotopic (exact) mass is 248 g/mol. The van der Waals surface area contributed by atoms with Crippen LogP contribution < -0.4 is 0 Å². The number of nitrogens with zero attached hydrogens (tertiary/aromatic N) is 2. The summed E-state index contributed by atoms with van der Waals surface area (Å²) in [6.07, 6.45) is 0. The number of sulfone groups is 1. The smallest absolute Gasteiger partial charge is 0.258 e. The number of hydrogen-bond donors (Lipinski definition) is 0. The van der Waals surface area contributed by atoms with E-state index in [-0.39, 0.29) is 23.5 Å². The van der Waals surface area contributed by atoms with Crippen molar-refractivity contribution in [2.45, 2.75) is 13.0 Å². The highest BCUT2D eigenvalue weighted by molar-refractivity contribution is 8.14. The van der Waals surface area contributed by atoms with Gasteiger partial charge in [0.2, 0.25) is 0 Å². The van der Waals surface area contributed by atoms with E-state index in [2.05, 4.69) is 4.99 Å². The number of carbonyl (C=O) groups excluding carboxylic acids is 1. The fourth-order valence-corrected chi connectivity index (χ4v) is 4.20. The summed E-state index contributed by atoms with van der Waals surface area (Å²) in [7, 11) is -2.90. The number of hydrogen-bond acceptors (Lipinski definition) is 5. The number of amidine groups is 1. The van der Waals surface area contributed by atoms with Crippen molar-refractivity contribution in [3.05, 3.63) is 0 Å². The molecular formula is C8H12N2O3S2. The highest BCUT2D eigenvalue weighted by Gasteiger charge is 2.32. The maximum absolute atomic E-state index is 11.3. The van der Waals surface area contributed by atoms with Gasteiger partial charge in [-0.2, -0.15) is 4.99 Å². The molecule has 2 aliphatic rings. The zero-order chi connectivity index (χ0) is 11.1. The van der Waals surface area contributed by atoms with Gasteiger partial charge in [0.05, 0.1) is 17.3 Å². The van der Waals surface area contributed by atoms with Crippen molar-refractivity contribution in [3.63, 3.8) is 0 Å². The minimum Gasteiger partial charge on any atom is -0.346 e. The third-order valence-electron chi connectivity index (χ3n) is 2.46. The molecule has 7 heteroatoms. The third kappa shape index (κ3) is 2.34. The maximum Gasteiger partial charge on any atom is 0.258 e. The van der Waals surface area contributed by atoms with E-state index in [0.29, 0.717) is 17.5 Å². The van der Waals surface area contributed by atoms with E-state index in [1.165, 1.54) is 11.8 Å². The van der Waals surface area contributed by atoms with Crippen molar-refractivity contribution in [1.82, 2.24) is 4.90 Å². The van der Waals surface area contributed by atoms with Gasteiger partial charge in [0.15, 0.2) is 15.0 Å². The summed E-state index contributed by atoms with van der Waals surface area (Å²) < 4.78 is 22.7. The molecule has 1 unspecified atom stereocenters. The Kier molecular flexibility index (Phi) is 2.76. The van der Waals surface area contributed by atoms with Gasteiger partial charge in [-0.25, -0.2) is 8.42 Å². The Hall–Kier alpha value is -0.560. The normalized spacial score (nSPS) is 30.5. The van der Waals surface area contributed by atoms with Gasteiger partial charge in [0.25, 0.3) is 5.91 Å². The lowest BCUT2D eigenvalue weighted by Crippen LogP contribution is -2.48. The molecule has 2 rings (SSSR count). The van der Waals surface area contributed by atoms with Crippen LogP contribution in [0.15, 0.2) is 4.99 Å². The van der Waals surface area contributed by atoms with Crippen LogP contribution in [-0.2, 0) is 14.6 Å². The topological polar surface area (TPSA) is 66.8 Å². The summed E-state index contributed by atoms with van der Waals surface area (Å²) in [5, 5.41) is 0.683. The van der Waals surface area contributed by atoms with Crippen molar-refractivity contribution >= 4 is 32.7 Å². The van der Waals surface area contributed by atoms with E-state index in [4.69, 9.17) is 0 Å². The van der Waals surface area contributed by atoms with Crippen molar-refractivity contribution in [2.75, 3.05) is 23.8 Å². The molecule has 2 aliphatic heterocycles. The largest absolute Gasteiger partial charge is 0.346 e.